The maximum atomic E-state index is 13.1. The van der Waals surface area contributed by atoms with Crippen LogP contribution in [0.15, 0.2) is 78.4 Å². The number of hydrogen-bond donors (Lipinski definition) is 1. The number of benzene rings is 2. The molecule has 1 fully saturated rings. The van der Waals surface area contributed by atoms with E-state index in [0.717, 1.165) is 0 Å². The van der Waals surface area contributed by atoms with E-state index in [0.29, 0.717) is 16.7 Å². The highest BCUT2D eigenvalue weighted by atomic mass is 16.6. The van der Waals surface area contributed by atoms with Gasteiger partial charge in [-0.15, -0.1) is 0 Å². The van der Waals surface area contributed by atoms with Gasteiger partial charge < -0.3 is 19.9 Å². The number of nitrogen functional groups attached to an aromatic ring is 1. The predicted octanol–water partition coefficient (Wildman–Crippen LogP) is 3.46. The van der Waals surface area contributed by atoms with Crippen LogP contribution in [-0.4, -0.2) is 55.8 Å². The van der Waals surface area contributed by atoms with E-state index >= 15 is 0 Å². The maximum Gasteiger partial charge on any atom is 0.338 e. The Morgan fingerprint density at radius 3 is 2.39 bits per heavy atom. The summed E-state index contributed by atoms with van der Waals surface area (Å²) >= 11 is 0. The fourth-order valence-corrected chi connectivity index (χ4v) is 4.38. The minimum Gasteiger partial charge on any atom is -0.459 e. The van der Waals surface area contributed by atoms with Crippen LogP contribution in [0.3, 0.4) is 0 Å². The summed E-state index contributed by atoms with van der Waals surface area (Å²) in [7, 11) is 0. The molecule has 1 aliphatic heterocycles. The van der Waals surface area contributed by atoms with E-state index in [9.17, 15) is 15.1 Å². The summed E-state index contributed by atoms with van der Waals surface area (Å²) < 4.78 is 19.2. The van der Waals surface area contributed by atoms with Crippen molar-refractivity contribution in [1.82, 2.24) is 19.5 Å². The smallest absolute Gasteiger partial charge is 0.338 e. The number of anilines is 1. The maximum absolute atomic E-state index is 13.1. The number of imidazole rings is 1. The molecule has 5 rings (SSSR count). The number of aromatic nitrogens is 4. The monoisotopic (exact) mass is 514 g/mol. The Morgan fingerprint density at radius 2 is 1.74 bits per heavy atom. The molecular formula is C25H22N8O5. The molecule has 13 heteroatoms. The number of rotatable bonds is 7. The predicted molar refractivity (Wildman–Crippen MR) is 134 cm³/mol. The van der Waals surface area contributed by atoms with Gasteiger partial charge in [0, 0.05) is 4.91 Å². The van der Waals surface area contributed by atoms with Gasteiger partial charge in [0.2, 0.25) is 0 Å². The Bertz CT molecular complexity index is 1520. The van der Waals surface area contributed by atoms with E-state index in [-0.39, 0.29) is 18.0 Å². The molecule has 0 spiro atoms. The summed E-state index contributed by atoms with van der Waals surface area (Å²) in [5.41, 5.74) is 15.2. The van der Waals surface area contributed by atoms with Crippen molar-refractivity contribution in [3.05, 3.63) is 94.9 Å². The van der Waals surface area contributed by atoms with Gasteiger partial charge in [-0.2, -0.15) is 0 Å². The Balaban J connectivity index is 1.52. The Morgan fingerprint density at radius 1 is 1.08 bits per heavy atom. The van der Waals surface area contributed by atoms with Crippen molar-refractivity contribution >= 4 is 28.9 Å². The average molecular weight is 515 g/mol. The summed E-state index contributed by atoms with van der Waals surface area (Å²) in [6, 6.07) is 16.7. The molecule has 0 bridgehead atoms. The molecule has 2 N–H and O–H groups in total. The number of nitrogens with two attached hydrogens (primary N) is 1. The minimum absolute atomic E-state index is 0.151. The highest BCUT2D eigenvalue weighted by molar-refractivity contribution is 5.90. The molecule has 38 heavy (non-hydrogen) atoms. The first kappa shape index (κ1) is 24.7. The van der Waals surface area contributed by atoms with Gasteiger partial charge in [0.25, 0.3) is 0 Å². The lowest BCUT2D eigenvalue weighted by Gasteiger charge is -2.30. The van der Waals surface area contributed by atoms with Crippen molar-refractivity contribution in [3.8, 4) is 0 Å². The van der Waals surface area contributed by atoms with Crippen molar-refractivity contribution in [1.29, 1.82) is 0 Å². The van der Waals surface area contributed by atoms with Crippen LogP contribution in [-0.2, 0) is 14.2 Å². The van der Waals surface area contributed by atoms with E-state index in [1.54, 1.807) is 67.6 Å². The molecule has 3 heterocycles. The number of fused-ring (bicyclic) bond motifs is 1. The second-order valence-corrected chi connectivity index (χ2v) is 8.68. The molecule has 0 aliphatic carbocycles. The lowest BCUT2D eigenvalue weighted by Crippen LogP contribution is -2.46. The number of esters is 2. The zero-order valence-corrected chi connectivity index (χ0v) is 20.1. The topological polar surface area (TPSA) is 180 Å². The van der Waals surface area contributed by atoms with E-state index in [1.165, 1.54) is 17.2 Å². The van der Waals surface area contributed by atoms with Crippen molar-refractivity contribution in [3.63, 3.8) is 0 Å². The van der Waals surface area contributed by atoms with Crippen molar-refractivity contribution in [2.24, 2.45) is 5.11 Å². The van der Waals surface area contributed by atoms with Crippen LogP contribution in [0, 0.1) is 0 Å². The van der Waals surface area contributed by atoms with Crippen LogP contribution >= 0.6 is 0 Å². The molecule has 0 radical (unpaired) electrons. The first-order valence-electron chi connectivity index (χ1n) is 11.6. The number of carbonyl (C=O) groups is 2. The van der Waals surface area contributed by atoms with Gasteiger partial charge >= 0.3 is 11.9 Å². The number of hydrogen-bond acceptors (Lipinski definition) is 10. The SMILES string of the molecule is C[C@]1(N=[N+]=[N-])C(n2cnc3c(N)ncnc32)O[C@H](COC(=O)c2ccccc2)[C@H]1OC(=O)c1ccccc1. The minimum atomic E-state index is -1.50. The molecule has 0 amide bonds. The fourth-order valence-electron chi connectivity index (χ4n) is 4.38. The summed E-state index contributed by atoms with van der Waals surface area (Å²) in [6.45, 7) is 1.28. The largest absolute Gasteiger partial charge is 0.459 e. The van der Waals surface area contributed by atoms with Crippen LogP contribution in [0.25, 0.3) is 21.6 Å². The molecule has 192 valence electrons. The summed E-state index contributed by atoms with van der Waals surface area (Å²) in [5, 5.41) is 4.00. The number of nitrogens with zero attached hydrogens (tertiary/aromatic N) is 7. The van der Waals surface area contributed by atoms with Crippen LogP contribution in [0.4, 0.5) is 5.82 Å². The first-order chi connectivity index (χ1) is 18.4. The van der Waals surface area contributed by atoms with E-state index in [2.05, 4.69) is 25.0 Å². The lowest BCUT2D eigenvalue weighted by molar-refractivity contribution is -0.0569. The van der Waals surface area contributed by atoms with Crippen LogP contribution in [0.2, 0.25) is 0 Å². The Labute approximate surface area is 215 Å². The standard InChI is InChI=1S/C25H22N8O5/c1-25(31-32-27)19(38-23(35)16-10-6-3-7-11-16)17(12-36-22(34)15-8-4-2-5-9-15)37-24(25)33-14-30-18-20(26)28-13-29-21(18)33/h2-11,13-14,17,19,24H,12H2,1H3,(H2,26,28,29)/t17-,19-,24?,25-/m1/s1. The van der Waals surface area contributed by atoms with E-state index in [1.807, 2.05) is 0 Å². The van der Waals surface area contributed by atoms with Crippen LogP contribution in [0.1, 0.15) is 33.9 Å². The van der Waals surface area contributed by atoms with Gasteiger partial charge in [-0.25, -0.2) is 24.5 Å². The molecule has 1 aliphatic rings. The third kappa shape index (κ3) is 4.47. The van der Waals surface area contributed by atoms with Gasteiger partial charge in [-0.05, 0) is 36.7 Å². The molecule has 1 saturated heterocycles. The highest BCUT2D eigenvalue weighted by Crippen LogP contribution is 2.44. The van der Waals surface area contributed by atoms with Gasteiger partial charge in [0.1, 0.15) is 36.2 Å². The number of carbonyl (C=O) groups excluding carboxylic acids is 2. The summed E-state index contributed by atoms with van der Waals surface area (Å²) in [4.78, 5) is 41.2. The van der Waals surface area contributed by atoms with Gasteiger partial charge in [0.05, 0.1) is 17.5 Å². The lowest BCUT2D eigenvalue weighted by atomic mass is 9.92. The third-order valence-corrected chi connectivity index (χ3v) is 6.25. The molecule has 2 aromatic heterocycles. The van der Waals surface area contributed by atoms with Crippen molar-refractivity contribution < 1.29 is 23.8 Å². The number of azide groups is 1. The average Bonchev–Trinajstić information content (AvgIpc) is 3.48. The Hall–Kier alpha value is -5.00. The molecular weight excluding hydrogens is 492 g/mol. The summed E-state index contributed by atoms with van der Waals surface area (Å²) in [6.07, 6.45) is -0.530. The second kappa shape index (κ2) is 10.2. The Kier molecular flexibility index (Phi) is 6.60. The fraction of sp³-hybridized carbons (Fsp3) is 0.240. The molecule has 0 saturated carbocycles. The summed E-state index contributed by atoms with van der Waals surface area (Å²) in [5.74, 6) is -1.11. The molecule has 2 aromatic carbocycles. The second-order valence-electron chi connectivity index (χ2n) is 8.68. The third-order valence-electron chi connectivity index (χ3n) is 6.25. The quantitative estimate of drug-likeness (QED) is 0.167. The molecule has 1 unspecified atom stereocenters. The van der Waals surface area contributed by atoms with Gasteiger partial charge in [-0.1, -0.05) is 41.5 Å². The normalized spacial score (nSPS) is 22.5. The van der Waals surface area contributed by atoms with E-state index in [4.69, 9.17) is 19.9 Å². The van der Waals surface area contributed by atoms with Crippen molar-refractivity contribution in [2.45, 2.75) is 30.9 Å². The highest BCUT2D eigenvalue weighted by Gasteiger charge is 2.57. The first-order valence-corrected chi connectivity index (χ1v) is 11.6. The van der Waals surface area contributed by atoms with Gasteiger partial charge in [0.15, 0.2) is 17.7 Å². The van der Waals surface area contributed by atoms with Crippen LogP contribution < -0.4 is 5.73 Å². The van der Waals surface area contributed by atoms with E-state index < -0.39 is 35.9 Å². The van der Waals surface area contributed by atoms with Crippen molar-refractivity contribution in [2.75, 3.05) is 12.3 Å². The molecule has 4 atom stereocenters. The number of ether oxygens (including phenoxy) is 3. The zero-order valence-electron chi connectivity index (χ0n) is 20.1. The van der Waals surface area contributed by atoms with Crippen LogP contribution in [0.5, 0.6) is 0 Å². The molecule has 4 aromatic rings. The zero-order chi connectivity index (χ0) is 26.7. The van der Waals surface area contributed by atoms with Gasteiger partial charge in [-0.3, -0.25) is 4.57 Å². The molecule has 13 nitrogen and oxygen atoms in total.